The SMILES string of the molecule is CCC(O)c1cn(CC(=O)NCc2ccco2)nn1. The Labute approximate surface area is 110 Å². The highest BCUT2D eigenvalue weighted by Gasteiger charge is 2.11. The third kappa shape index (κ3) is 3.65. The quantitative estimate of drug-likeness (QED) is 0.798. The third-order valence-electron chi connectivity index (χ3n) is 2.63. The van der Waals surface area contributed by atoms with E-state index in [1.54, 1.807) is 24.6 Å². The molecule has 2 aromatic heterocycles. The van der Waals surface area contributed by atoms with E-state index >= 15 is 0 Å². The number of carbonyl (C=O) groups is 1. The first kappa shape index (κ1) is 13.3. The van der Waals surface area contributed by atoms with Gasteiger partial charge in [-0.2, -0.15) is 0 Å². The van der Waals surface area contributed by atoms with Gasteiger partial charge in [-0.05, 0) is 18.6 Å². The monoisotopic (exact) mass is 264 g/mol. The number of furan rings is 1. The third-order valence-corrected chi connectivity index (χ3v) is 2.63. The van der Waals surface area contributed by atoms with E-state index in [1.807, 2.05) is 6.92 Å². The first-order valence-corrected chi connectivity index (χ1v) is 6.06. The number of nitrogens with zero attached hydrogens (tertiary/aromatic N) is 3. The van der Waals surface area contributed by atoms with Crippen LogP contribution in [0, 0.1) is 0 Å². The highest BCUT2D eigenvalue weighted by molar-refractivity contribution is 5.75. The summed E-state index contributed by atoms with van der Waals surface area (Å²) in [5.74, 6) is 0.493. The van der Waals surface area contributed by atoms with Crippen LogP contribution in [0.5, 0.6) is 0 Å². The Balaban J connectivity index is 1.83. The second-order valence-electron chi connectivity index (χ2n) is 4.12. The van der Waals surface area contributed by atoms with E-state index < -0.39 is 6.10 Å². The van der Waals surface area contributed by atoms with E-state index in [-0.39, 0.29) is 12.5 Å². The minimum Gasteiger partial charge on any atom is -0.467 e. The topological polar surface area (TPSA) is 93.2 Å². The number of hydrogen-bond acceptors (Lipinski definition) is 5. The standard InChI is InChI=1S/C12H16N4O3/c1-2-11(17)10-7-16(15-14-10)8-12(18)13-6-9-4-3-5-19-9/h3-5,7,11,17H,2,6,8H2,1H3,(H,13,18). The second-order valence-corrected chi connectivity index (χ2v) is 4.12. The molecule has 7 nitrogen and oxygen atoms in total. The van der Waals surface area contributed by atoms with Gasteiger partial charge >= 0.3 is 0 Å². The molecule has 1 atom stereocenters. The van der Waals surface area contributed by atoms with Crippen LogP contribution in [0.3, 0.4) is 0 Å². The maximum absolute atomic E-state index is 11.7. The lowest BCUT2D eigenvalue weighted by atomic mass is 10.2. The first-order valence-electron chi connectivity index (χ1n) is 6.06. The molecule has 2 rings (SSSR count). The van der Waals surface area contributed by atoms with Crippen LogP contribution in [0.1, 0.15) is 30.9 Å². The Morgan fingerprint density at radius 1 is 1.63 bits per heavy atom. The molecule has 0 aliphatic heterocycles. The average Bonchev–Trinajstić information content (AvgIpc) is 3.06. The molecule has 0 spiro atoms. The molecule has 0 aromatic carbocycles. The summed E-state index contributed by atoms with van der Waals surface area (Å²) >= 11 is 0. The fourth-order valence-electron chi connectivity index (χ4n) is 1.55. The Bertz CT molecular complexity index is 521. The molecule has 0 fully saturated rings. The van der Waals surface area contributed by atoms with Crippen molar-refractivity contribution in [1.82, 2.24) is 20.3 Å². The van der Waals surface area contributed by atoms with Gasteiger partial charge in [0.2, 0.25) is 5.91 Å². The maximum atomic E-state index is 11.7. The summed E-state index contributed by atoms with van der Waals surface area (Å²) in [7, 11) is 0. The molecule has 1 unspecified atom stereocenters. The minimum atomic E-state index is -0.639. The van der Waals surface area contributed by atoms with Gasteiger partial charge in [-0.3, -0.25) is 4.79 Å². The largest absolute Gasteiger partial charge is 0.467 e. The Morgan fingerprint density at radius 2 is 2.47 bits per heavy atom. The number of carbonyl (C=O) groups excluding carboxylic acids is 1. The molecule has 7 heteroatoms. The van der Waals surface area contributed by atoms with E-state index in [2.05, 4.69) is 15.6 Å². The van der Waals surface area contributed by atoms with Crippen LogP contribution in [0.25, 0.3) is 0 Å². The molecule has 0 bridgehead atoms. The van der Waals surface area contributed by atoms with Crippen LogP contribution in [-0.4, -0.2) is 26.0 Å². The summed E-state index contributed by atoms with van der Waals surface area (Å²) in [5, 5.41) is 19.9. The molecule has 2 heterocycles. The van der Waals surface area contributed by atoms with Crippen molar-refractivity contribution >= 4 is 5.91 Å². The molecule has 0 saturated carbocycles. The van der Waals surface area contributed by atoms with E-state index in [0.717, 1.165) is 0 Å². The minimum absolute atomic E-state index is 0.0597. The van der Waals surface area contributed by atoms with Gasteiger partial charge in [0.15, 0.2) is 0 Å². The molecular formula is C12H16N4O3. The van der Waals surface area contributed by atoms with Crippen LogP contribution >= 0.6 is 0 Å². The molecule has 0 aliphatic carbocycles. The van der Waals surface area contributed by atoms with Crippen LogP contribution < -0.4 is 5.32 Å². The summed E-state index contributed by atoms with van der Waals surface area (Å²) in [4.78, 5) is 11.7. The van der Waals surface area contributed by atoms with Crippen molar-refractivity contribution in [2.24, 2.45) is 0 Å². The number of aliphatic hydroxyl groups is 1. The predicted octanol–water partition coefficient (Wildman–Crippen LogP) is 0.631. The number of aliphatic hydroxyl groups excluding tert-OH is 1. The van der Waals surface area contributed by atoms with Crippen molar-refractivity contribution in [3.63, 3.8) is 0 Å². The molecule has 1 amide bonds. The molecule has 0 saturated heterocycles. The van der Waals surface area contributed by atoms with Crippen molar-refractivity contribution in [1.29, 1.82) is 0 Å². The fourth-order valence-corrected chi connectivity index (χ4v) is 1.55. The van der Waals surface area contributed by atoms with Gasteiger partial charge in [0.1, 0.15) is 18.0 Å². The van der Waals surface area contributed by atoms with Gasteiger partial charge in [-0.25, -0.2) is 4.68 Å². The van der Waals surface area contributed by atoms with Gasteiger partial charge in [0.25, 0.3) is 0 Å². The van der Waals surface area contributed by atoms with Crippen LogP contribution in [0.4, 0.5) is 0 Å². The predicted molar refractivity (Wildman–Crippen MR) is 65.8 cm³/mol. The van der Waals surface area contributed by atoms with Crippen molar-refractivity contribution in [2.75, 3.05) is 0 Å². The van der Waals surface area contributed by atoms with E-state index in [9.17, 15) is 9.90 Å². The van der Waals surface area contributed by atoms with Gasteiger partial charge < -0.3 is 14.8 Å². The highest BCUT2D eigenvalue weighted by Crippen LogP contribution is 2.11. The number of hydrogen-bond donors (Lipinski definition) is 2. The molecule has 19 heavy (non-hydrogen) atoms. The lowest BCUT2D eigenvalue weighted by Gasteiger charge is -2.03. The zero-order valence-electron chi connectivity index (χ0n) is 10.6. The van der Waals surface area contributed by atoms with Gasteiger partial charge in [0, 0.05) is 0 Å². The van der Waals surface area contributed by atoms with E-state index in [4.69, 9.17) is 4.42 Å². The Morgan fingerprint density at radius 3 is 3.16 bits per heavy atom. The summed E-state index contributed by atoms with van der Waals surface area (Å²) in [5.41, 5.74) is 0.473. The Kier molecular flexibility index (Phi) is 4.30. The molecule has 2 N–H and O–H groups in total. The van der Waals surface area contributed by atoms with Crippen molar-refractivity contribution < 1.29 is 14.3 Å². The second kappa shape index (κ2) is 6.14. The highest BCUT2D eigenvalue weighted by atomic mass is 16.3. The van der Waals surface area contributed by atoms with E-state index in [1.165, 1.54) is 4.68 Å². The van der Waals surface area contributed by atoms with Crippen molar-refractivity contribution in [3.8, 4) is 0 Å². The zero-order chi connectivity index (χ0) is 13.7. The number of aromatic nitrogens is 3. The summed E-state index contributed by atoms with van der Waals surface area (Å²) in [6, 6.07) is 3.54. The lowest BCUT2D eigenvalue weighted by molar-refractivity contribution is -0.122. The molecule has 102 valence electrons. The Hall–Kier alpha value is -2.15. The van der Waals surface area contributed by atoms with Gasteiger partial charge in [0.05, 0.1) is 25.1 Å². The van der Waals surface area contributed by atoms with Crippen LogP contribution in [0.15, 0.2) is 29.0 Å². The van der Waals surface area contributed by atoms with Gasteiger partial charge in [-0.1, -0.05) is 12.1 Å². The van der Waals surface area contributed by atoms with Crippen molar-refractivity contribution in [3.05, 3.63) is 36.0 Å². The zero-order valence-corrected chi connectivity index (χ0v) is 10.6. The number of nitrogens with one attached hydrogen (secondary N) is 1. The molecule has 0 radical (unpaired) electrons. The van der Waals surface area contributed by atoms with E-state index in [0.29, 0.717) is 24.4 Å². The fraction of sp³-hybridized carbons (Fsp3) is 0.417. The first-order chi connectivity index (χ1) is 9.19. The smallest absolute Gasteiger partial charge is 0.242 e. The summed E-state index contributed by atoms with van der Waals surface area (Å²) in [6.07, 6.45) is 3.04. The molecule has 0 aliphatic rings. The number of rotatable bonds is 6. The molecular weight excluding hydrogens is 248 g/mol. The average molecular weight is 264 g/mol. The normalized spacial score (nSPS) is 12.3. The number of amides is 1. The van der Waals surface area contributed by atoms with Crippen molar-refractivity contribution in [2.45, 2.75) is 32.5 Å². The maximum Gasteiger partial charge on any atom is 0.242 e. The van der Waals surface area contributed by atoms with Gasteiger partial charge in [-0.15, -0.1) is 5.10 Å². The van der Waals surface area contributed by atoms with Crippen LogP contribution in [-0.2, 0) is 17.9 Å². The lowest BCUT2D eigenvalue weighted by Crippen LogP contribution is -2.27. The summed E-state index contributed by atoms with van der Waals surface area (Å²) in [6.45, 7) is 2.24. The summed E-state index contributed by atoms with van der Waals surface area (Å²) < 4.78 is 6.50. The molecule has 2 aromatic rings. The van der Waals surface area contributed by atoms with Crippen LogP contribution in [0.2, 0.25) is 0 Å².